The minimum atomic E-state index is -0.401. The molecule has 0 aliphatic rings. The predicted octanol–water partition coefficient (Wildman–Crippen LogP) is 2.66. The minimum absolute atomic E-state index is 0.313. The maximum Gasteiger partial charge on any atom is 0.342 e. The van der Waals surface area contributed by atoms with Crippen LogP contribution in [-0.2, 0) is 4.74 Å². The van der Waals surface area contributed by atoms with E-state index in [4.69, 9.17) is 4.74 Å². The number of halogens is 1. The first-order chi connectivity index (χ1) is 9.70. The highest BCUT2D eigenvalue weighted by Gasteiger charge is 2.22. The molecule has 0 amide bonds. The van der Waals surface area contributed by atoms with E-state index in [1.807, 2.05) is 24.3 Å². The number of carbonyl (C=O) groups excluding carboxylic acids is 1. The van der Waals surface area contributed by atoms with Crippen molar-refractivity contribution in [3.8, 4) is 11.1 Å². The molecule has 0 saturated heterocycles. The fraction of sp³-hybridized carbons (Fsp3) is 0.154. The minimum Gasteiger partial charge on any atom is -0.462 e. The lowest BCUT2D eigenvalue weighted by atomic mass is 10.0. The Hall–Kier alpha value is -2.15. The van der Waals surface area contributed by atoms with Crippen molar-refractivity contribution in [3.05, 3.63) is 40.5 Å². The van der Waals surface area contributed by atoms with Gasteiger partial charge in [0.25, 0.3) is 0 Å². The Morgan fingerprint density at radius 1 is 1.40 bits per heavy atom. The van der Waals surface area contributed by atoms with Gasteiger partial charge in [-0.1, -0.05) is 33.3 Å². The van der Waals surface area contributed by atoms with Crippen LogP contribution < -0.4 is 0 Å². The molecular formula is C13H11BrN4O2. The first-order valence-electron chi connectivity index (χ1n) is 6.06. The lowest BCUT2D eigenvalue weighted by Crippen LogP contribution is -2.05. The van der Waals surface area contributed by atoms with Crippen molar-refractivity contribution >= 4 is 27.5 Å². The number of tetrazole rings is 1. The highest BCUT2D eigenvalue weighted by atomic mass is 79.9. The highest BCUT2D eigenvalue weighted by Crippen LogP contribution is 2.29. The molecule has 3 aromatic rings. The SMILES string of the molecule is CCOC(=O)c1c(-c2ccc(Br)cc2)cn2[nH]nnc12. The number of fused-ring (bicyclic) bond motifs is 1. The van der Waals surface area contributed by atoms with Gasteiger partial charge in [-0.05, 0) is 24.6 Å². The van der Waals surface area contributed by atoms with Gasteiger partial charge in [0.2, 0.25) is 0 Å². The second kappa shape index (κ2) is 5.09. The molecule has 0 atom stereocenters. The van der Waals surface area contributed by atoms with Gasteiger partial charge < -0.3 is 4.74 Å². The van der Waals surface area contributed by atoms with Gasteiger partial charge in [-0.15, -0.1) is 5.10 Å². The van der Waals surface area contributed by atoms with Crippen LogP contribution in [0, 0.1) is 0 Å². The van der Waals surface area contributed by atoms with Crippen LogP contribution in [0.4, 0.5) is 0 Å². The molecule has 6 nitrogen and oxygen atoms in total. The molecular weight excluding hydrogens is 324 g/mol. The summed E-state index contributed by atoms with van der Waals surface area (Å²) < 4.78 is 7.68. The Kier molecular flexibility index (Phi) is 3.27. The third kappa shape index (κ3) is 2.09. The quantitative estimate of drug-likeness (QED) is 0.747. The molecule has 102 valence electrons. The third-order valence-electron chi connectivity index (χ3n) is 2.91. The van der Waals surface area contributed by atoms with Gasteiger partial charge >= 0.3 is 5.97 Å². The van der Waals surface area contributed by atoms with E-state index in [1.54, 1.807) is 17.6 Å². The van der Waals surface area contributed by atoms with Gasteiger partial charge in [0, 0.05) is 16.2 Å². The summed E-state index contributed by atoms with van der Waals surface area (Å²) in [6, 6.07) is 7.69. The molecule has 0 saturated carbocycles. The number of hydrogen-bond acceptors (Lipinski definition) is 4. The number of nitrogens with zero attached hydrogens (tertiary/aromatic N) is 3. The molecule has 7 heteroatoms. The first-order valence-corrected chi connectivity index (χ1v) is 6.85. The van der Waals surface area contributed by atoms with E-state index in [9.17, 15) is 4.79 Å². The van der Waals surface area contributed by atoms with Crippen molar-refractivity contribution in [3.63, 3.8) is 0 Å². The second-order valence-electron chi connectivity index (χ2n) is 4.14. The van der Waals surface area contributed by atoms with E-state index >= 15 is 0 Å². The van der Waals surface area contributed by atoms with Crippen molar-refractivity contribution in [1.82, 2.24) is 20.0 Å². The predicted molar refractivity (Wildman–Crippen MR) is 76.4 cm³/mol. The normalized spacial score (nSPS) is 10.9. The van der Waals surface area contributed by atoms with Gasteiger partial charge in [-0.3, -0.25) is 0 Å². The molecule has 0 fully saturated rings. The van der Waals surface area contributed by atoms with Crippen LogP contribution >= 0.6 is 15.9 Å². The summed E-state index contributed by atoms with van der Waals surface area (Å²) >= 11 is 3.39. The number of hydrogen-bond donors (Lipinski definition) is 1. The van der Waals surface area contributed by atoms with Crippen molar-refractivity contribution < 1.29 is 9.53 Å². The van der Waals surface area contributed by atoms with Crippen molar-refractivity contribution in [1.29, 1.82) is 0 Å². The smallest absolute Gasteiger partial charge is 0.342 e. The molecule has 0 spiro atoms. The van der Waals surface area contributed by atoms with Crippen LogP contribution in [0.3, 0.4) is 0 Å². The maximum absolute atomic E-state index is 12.2. The van der Waals surface area contributed by atoms with Crippen molar-refractivity contribution in [2.45, 2.75) is 6.92 Å². The van der Waals surface area contributed by atoms with Crippen LogP contribution in [0.1, 0.15) is 17.3 Å². The monoisotopic (exact) mass is 334 g/mol. The number of aromatic nitrogens is 4. The van der Waals surface area contributed by atoms with Gasteiger partial charge in [-0.25, -0.2) is 9.31 Å². The van der Waals surface area contributed by atoms with Crippen molar-refractivity contribution in [2.24, 2.45) is 0 Å². The van der Waals surface area contributed by atoms with Gasteiger partial charge in [-0.2, -0.15) is 5.21 Å². The molecule has 2 aromatic heterocycles. The molecule has 0 aliphatic heterocycles. The number of nitrogens with one attached hydrogen (secondary N) is 1. The fourth-order valence-electron chi connectivity index (χ4n) is 2.04. The fourth-order valence-corrected chi connectivity index (χ4v) is 2.31. The average Bonchev–Trinajstić information content (AvgIpc) is 2.99. The molecule has 20 heavy (non-hydrogen) atoms. The van der Waals surface area contributed by atoms with Crippen LogP contribution in [0.15, 0.2) is 34.9 Å². The first kappa shape index (κ1) is 12.9. The second-order valence-corrected chi connectivity index (χ2v) is 5.05. The zero-order valence-electron chi connectivity index (χ0n) is 10.6. The molecule has 0 radical (unpaired) electrons. The summed E-state index contributed by atoms with van der Waals surface area (Å²) in [4.78, 5) is 12.2. The Labute approximate surface area is 122 Å². The Balaban J connectivity index is 2.19. The summed E-state index contributed by atoms with van der Waals surface area (Å²) in [5.41, 5.74) is 2.55. The van der Waals surface area contributed by atoms with E-state index in [-0.39, 0.29) is 0 Å². The molecule has 0 aliphatic carbocycles. The topological polar surface area (TPSA) is 72.3 Å². The number of esters is 1. The van der Waals surface area contributed by atoms with E-state index in [1.165, 1.54) is 0 Å². The van der Waals surface area contributed by atoms with Gasteiger partial charge in [0.15, 0.2) is 5.65 Å². The lowest BCUT2D eigenvalue weighted by Gasteiger charge is -2.04. The Morgan fingerprint density at radius 3 is 2.85 bits per heavy atom. The summed E-state index contributed by atoms with van der Waals surface area (Å²) in [6.45, 7) is 2.08. The zero-order chi connectivity index (χ0) is 14.1. The largest absolute Gasteiger partial charge is 0.462 e. The highest BCUT2D eigenvalue weighted by molar-refractivity contribution is 9.10. The van der Waals surface area contributed by atoms with E-state index in [0.29, 0.717) is 17.8 Å². The van der Waals surface area contributed by atoms with E-state index in [0.717, 1.165) is 15.6 Å². The molecule has 1 aromatic carbocycles. The summed E-state index contributed by atoms with van der Waals surface area (Å²) in [5, 5.41) is 10.3. The molecule has 0 unspecified atom stereocenters. The number of rotatable bonds is 3. The maximum atomic E-state index is 12.2. The Morgan fingerprint density at radius 2 is 2.15 bits per heavy atom. The Bertz CT molecular complexity index is 760. The molecule has 0 bridgehead atoms. The summed E-state index contributed by atoms with van der Waals surface area (Å²) in [7, 11) is 0. The summed E-state index contributed by atoms with van der Waals surface area (Å²) in [6.07, 6.45) is 1.78. The third-order valence-corrected chi connectivity index (χ3v) is 3.44. The number of aromatic amines is 1. The lowest BCUT2D eigenvalue weighted by molar-refractivity contribution is 0.0529. The number of carbonyl (C=O) groups is 1. The average molecular weight is 335 g/mol. The van der Waals surface area contributed by atoms with E-state index < -0.39 is 5.97 Å². The zero-order valence-corrected chi connectivity index (χ0v) is 12.2. The van der Waals surface area contributed by atoms with Crippen molar-refractivity contribution in [2.75, 3.05) is 6.61 Å². The van der Waals surface area contributed by atoms with Crippen LogP contribution in [0.25, 0.3) is 16.8 Å². The number of benzene rings is 1. The van der Waals surface area contributed by atoms with Gasteiger partial charge in [0.1, 0.15) is 5.56 Å². The van der Waals surface area contributed by atoms with Crippen LogP contribution in [-0.4, -0.2) is 32.6 Å². The van der Waals surface area contributed by atoms with Crippen LogP contribution in [0.5, 0.6) is 0 Å². The van der Waals surface area contributed by atoms with Gasteiger partial charge in [0.05, 0.1) is 6.61 Å². The standard InChI is InChI=1S/C13H11BrN4O2/c1-2-20-13(19)11-10(7-18-12(11)15-16-17-18)8-3-5-9(14)6-4-8/h3-7H,2H2,1H3,(H,15,17). The molecule has 2 heterocycles. The number of H-pyrrole nitrogens is 1. The van der Waals surface area contributed by atoms with Crippen LogP contribution in [0.2, 0.25) is 0 Å². The summed E-state index contributed by atoms with van der Waals surface area (Å²) in [5.74, 6) is -0.401. The number of ether oxygens (including phenoxy) is 1. The molecule has 1 N–H and O–H groups in total. The van der Waals surface area contributed by atoms with E-state index in [2.05, 4.69) is 31.5 Å². The molecule has 3 rings (SSSR count).